The molecule has 0 saturated heterocycles. The summed E-state index contributed by atoms with van der Waals surface area (Å²) in [4.78, 5) is 42.6. The standard InChI is InChI=1S/C26H21FN2O5S/c1-4-13-33-25(32)22-15(2)28-26-29(23(22)17-9-11-19(12-10-17)34-16(3)30)24(31)21(35-26)14-18-7-5-6-8-20(18)27/h4-12,14,23H,1,13H2,2-3H3/b21-14-/t23-/m0/s1. The molecule has 1 aromatic heterocycles. The molecule has 35 heavy (non-hydrogen) atoms. The highest BCUT2D eigenvalue weighted by Gasteiger charge is 2.33. The first-order valence-electron chi connectivity index (χ1n) is 10.6. The average Bonchev–Trinajstić information content (AvgIpc) is 3.12. The van der Waals surface area contributed by atoms with Crippen molar-refractivity contribution in [1.29, 1.82) is 0 Å². The summed E-state index contributed by atoms with van der Waals surface area (Å²) in [6.07, 6.45) is 2.91. The van der Waals surface area contributed by atoms with Gasteiger partial charge < -0.3 is 9.47 Å². The van der Waals surface area contributed by atoms with Crippen LogP contribution in [-0.4, -0.2) is 23.1 Å². The number of ether oxygens (including phenoxy) is 2. The smallest absolute Gasteiger partial charge is 0.338 e. The molecule has 0 bridgehead atoms. The molecule has 1 atom stereocenters. The van der Waals surface area contributed by atoms with Gasteiger partial charge in [-0.05, 0) is 36.8 Å². The van der Waals surface area contributed by atoms with Crippen molar-refractivity contribution in [1.82, 2.24) is 4.57 Å². The monoisotopic (exact) mass is 492 g/mol. The molecule has 0 spiro atoms. The summed E-state index contributed by atoms with van der Waals surface area (Å²) in [6.45, 7) is 6.51. The molecule has 1 aliphatic rings. The topological polar surface area (TPSA) is 87.0 Å². The summed E-state index contributed by atoms with van der Waals surface area (Å²) in [6, 6.07) is 11.8. The van der Waals surface area contributed by atoms with Crippen LogP contribution < -0.4 is 19.6 Å². The average molecular weight is 493 g/mol. The zero-order valence-corrected chi connectivity index (χ0v) is 19.8. The third-order valence-corrected chi connectivity index (χ3v) is 6.21. The minimum Gasteiger partial charge on any atom is -0.458 e. The van der Waals surface area contributed by atoms with Gasteiger partial charge in [-0.1, -0.05) is 54.3 Å². The highest BCUT2D eigenvalue weighted by Crippen LogP contribution is 2.31. The van der Waals surface area contributed by atoms with Crippen molar-refractivity contribution in [3.05, 3.63) is 109 Å². The number of hydrogen-bond acceptors (Lipinski definition) is 7. The molecule has 0 saturated carbocycles. The van der Waals surface area contributed by atoms with Crippen molar-refractivity contribution in [2.75, 3.05) is 6.61 Å². The Morgan fingerprint density at radius 3 is 2.57 bits per heavy atom. The molecule has 7 nitrogen and oxygen atoms in total. The number of nitrogens with zero attached hydrogens (tertiary/aromatic N) is 2. The summed E-state index contributed by atoms with van der Waals surface area (Å²) in [5, 5.41) is 0. The third-order valence-electron chi connectivity index (χ3n) is 5.22. The van der Waals surface area contributed by atoms with Crippen molar-refractivity contribution < 1.29 is 23.5 Å². The van der Waals surface area contributed by atoms with E-state index < -0.39 is 29.4 Å². The van der Waals surface area contributed by atoms with Gasteiger partial charge in [0.15, 0.2) is 4.80 Å². The van der Waals surface area contributed by atoms with Gasteiger partial charge in [-0.3, -0.25) is 14.2 Å². The Kier molecular flexibility index (Phi) is 6.88. The SMILES string of the molecule is C=CCOC(=O)C1=C(C)N=c2s/c(=C\c3ccccc3F)c(=O)n2[C@H]1c1ccc(OC(C)=O)cc1. The van der Waals surface area contributed by atoms with Crippen molar-refractivity contribution in [3.63, 3.8) is 0 Å². The minimum atomic E-state index is -0.849. The predicted octanol–water partition coefficient (Wildman–Crippen LogP) is 3.03. The van der Waals surface area contributed by atoms with E-state index in [1.54, 1.807) is 49.4 Å². The van der Waals surface area contributed by atoms with Crippen LogP contribution in [0.2, 0.25) is 0 Å². The molecule has 2 heterocycles. The lowest BCUT2D eigenvalue weighted by atomic mass is 9.96. The van der Waals surface area contributed by atoms with E-state index in [2.05, 4.69) is 11.6 Å². The molecule has 3 aromatic rings. The first-order chi connectivity index (χ1) is 16.8. The molecule has 1 aliphatic heterocycles. The summed E-state index contributed by atoms with van der Waals surface area (Å²) < 4.78 is 26.3. The Hall–Kier alpha value is -4.11. The number of carbonyl (C=O) groups excluding carboxylic acids is 2. The molecule has 4 rings (SSSR count). The third kappa shape index (κ3) is 4.90. The van der Waals surface area contributed by atoms with Gasteiger partial charge in [0.05, 0.1) is 21.8 Å². The maximum atomic E-state index is 14.2. The Morgan fingerprint density at radius 1 is 1.20 bits per heavy atom. The molecule has 2 aromatic carbocycles. The second-order valence-corrected chi connectivity index (χ2v) is 8.66. The van der Waals surface area contributed by atoms with E-state index in [0.717, 1.165) is 11.3 Å². The zero-order valence-electron chi connectivity index (χ0n) is 19.0. The van der Waals surface area contributed by atoms with Crippen LogP contribution in [0, 0.1) is 5.82 Å². The first-order valence-corrected chi connectivity index (χ1v) is 11.4. The highest BCUT2D eigenvalue weighted by atomic mass is 32.1. The van der Waals surface area contributed by atoms with Crippen LogP contribution in [0.25, 0.3) is 6.08 Å². The van der Waals surface area contributed by atoms with Gasteiger partial charge in [0.1, 0.15) is 18.2 Å². The lowest BCUT2D eigenvalue weighted by Gasteiger charge is -2.24. The maximum absolute atomic E-state index is 14.2. The molecule has 9 heteroatoms. The second-order valence-electron chi connectivity index (χ2n) is 7.65. The van der Waals surface area contributed by atoms with Gasteiger partial charge in [0, 0.05) is 12.5 Å². The summed E-state index contributed by atoms with van der Waals surface area (Å²) >= 11 is 1.10. The van der Waals surface area contributed by atoms with E-state index in [-0.39, 0.29) is 22.3 Å². The van der Waals surface area contributed by atoms with Gasteiger partial charge >= 0.3 is 11.9 Å². The van der Waals surface area contributed by atoms with Gasteiger partial charge in [0.25, 0.3) is 5.56 Å². The van der Waals surface area contributed by atoms with E-state index >= 15 is 0 Å². The lowest BCUT2D eigenvalue weighted by Crippen LogP contribution is -2.40. The quantitative estimate of drug-likeness (QED) is 0.300. The Labute approximate surface area is 203 Å². The van der Waals surface area contributed by atoms with E-state index in [1.165, 1.54) is 29.7 Å². The number of esters is 2. The fraction of sp³-hybridized carbons (Fsp3) is 0.154. The number of carbonyl (C=O) groups is 2. The molecular formula is C26H21FN2O5S. The van der Waals surface area contributed by atoms with Crippen molar-refractivity contribution >= 4 is 29.4 Å². The maximum Gasteiger partial charge on any atom is 0.338 e. The van der Waals surface area contributed by atoms with Crippen LogP contribution in [0.5, 0.6) is 5.75 Å². The van der Waals surface area contributed by atoms with Crippen LogP contribution in [0.1, 0.15) is 31.0 Å². The number of allylic oxidation sites excluding steroid dienone is 1. The second kappa shape index (κ2) is 10.0. The first kappa shape index (κ1) is 24.0. The largest absolute Gasteiger partial charge is 0.458 e. The number of fused-ring (bicyclic) bond motifs is 1. The molecule has 0 amide bonds. The molecule has 0 N–H and O–H groups in total. The molecular weight excluding hydrogens is 471 g/mol. The van der Waals surface area contributed by atoms with E-state index in [9.17, 15) is 18.8 Å². The van der Waals surface area contributed by atoms with Crippen LogP contribution in [0.3, 0.4) is 0 Å². The van der Waals surface area contributed by atoms with Crippen LogP contribution in [-0.2, 0) is 14.3 Å². The summed E-state index contributed by atoms with van der Waals surface area (Å²) in [5.74, 6) is -1.24. The lowest BCUT2D eigenvalue weighted by molar-refractivity contribution is -0.138. The highest BCUT2D eigenvalue weighted by molar-refractivity contribution is 7.07. The molecule has 178 valence electrons. The van der Waals surface area contributed by atoms with E-state index in [4.69, 9.17) is 9.47 Å². The number of benzene rings is 2. The minimum absolute atomic E-state index is 0.00850. The van der Waals surface area contributed by atoms with Crippen molar-refractivity contribution in [2.24, 2.45) is 4.99 Å². The molecule has 0 unspecified atom stereocenters. The van der Waals surface area contributed by atoms with Gasteiger partial charge in [-0.2, -0.15) is 0 Å². The predicted molar refractivity (Wildman–Crippen MR) is 129 cm³/mol. The van der Waals surface area contributed by atoms with E-state index in [1.807, 2.05) is 0 Å². The number of hydrogen-bond donors (Lipinski definition) is 0. The molecule has 0 aliphatic carbocycles. The fourth-order valence-corrected chi connectivity index (χ4v) is 4.77. The molecule has 0 fully saturated rings. The van der Waals surface area contributed by atoms with Crippen molar-refractivity contribution in [2.45, 2.75) is 19.9 Å². The fourth-order valence-electron chi connectivity index (χ4n) is 3.73. The summed E-state index contributed by atoms with van der Waals surface area (Å²) in [7, 11) is 0. The number of aromatic nitrogens is 1. The van der Waals surface area contributed by atoms with Crippen LogP contribution >= 0.6 is 11.3 Å². The Bertz CT molecular complexity index is 1530. The summed E-state index contributed by atoms with van der Waals surface area (Å²) in [5.41, 5.74) is 1.01. The zero-order chi connectivity index (χ0) is 25.1. The van der Waals surface area contributed by atoms with Gasteiger partial charge in [0.2, 0.25) is 0 Å². The van der Waals surface area contributed by atoms with Gasteiger partial charge in [-0.25, -0.2) is 14.2 Å². The number of halogens is 1. The van der Waals surface area contributed by atoms with E-state index in [0.29, 0.717) is 21.8 Å². The Morgan fingerprint density at radius 2 is 1.91 bits per heavy atom. The number of thiazole rings is 1. The van der Waals surface area contributed by atoms with Crippen LogP contribution in [0.15, 0.2) is 82.2 Å². The Balaban J connectivity index is 1.91. The van der Waals surface area contributed by atoms with Gasteiger partial charge in [-0.15, -0.1) is 0 Å². The van der Waals surface area contributed by atoms with Crippen molar-refractivity contribution in [3.8, 4) is 5.75 Å². The van der Waals surface area contributed by atoms with Crippen LogP contribution in [0.4, 0.5) is 4.39 Å². The molecule has 0 radical (unpaired) electrons. The normalized spacial score (nSPS) is 15.3. The number of rotatable bonds is 6.